The summed E-state index contributed by atoms with van der Waals surface area (Å²) in [6.07, 6.45) is 9.37. The van der Waals surface area contributed by atoms with Crippen LogP contribution in [0.1, 0.15) is 58.3 Å². The normalized spacial score (nSPS) is 34.4. The molecule has 0 aromatic carbocycles. The third-order valence-corrected chi connectivity index (χ3v) is 9.34. The van der Waals surface area contributed by atoms with Gasteiger partial charge in [0.1, 0.15) is 11.6 Å². The number of nitrogens with zero attached hydrogens (tertiary/aromatic N) is 2. The van der Waals surface area contributed by atoms with E-state index in [4.69, 9.17) is 9.47 Å². The minimum absolute atomic E-state index is 0.0730. The maximum Gasteiger partial charge on any atom is 0.312 e. The zero-order valence-corrected chi connectivity index (χ0v) is 22.7. The molecule has 9 heteroatoms. The van der Waals surface area contributed by atoms with Crippen LogP contribution in [0.25, 0.3) is 0 Å². The number of amides is 2. The Kier molecular flexibility index (Phi) is 8.62. The Labute approximate surface area is 222 Å². The van der Waals surface area contributed by atoms with E-state index in [-0.39, 0.29) is 35.9 Å². The quantitative estimate of drug-likeness (QED) is 0.179. The Morgan fingerprint density at radius 2 is 2.03 bits per heavy atom. The van der Waals surface area contributed by atoms with E-state index in [1.807, 2.05) is 11.8 Å². The average molecular weight is 568 g/mol. The lowest BCUT2D eigenvalue weighted by atomic mass is 9.70. The number of aliphatic hydroxyl groups excluding tert-OH is 1. The topological polar surface area (TPSA) is 96.4 Å². The molecule has 4 fully saturated rings. The third kappa shape index (κ3) is 4.45. The molecule has 8 nitrogen and oxygen atoms in total. The highest BCUT2D eigenvalue weighted by Crippen LogP contribution is 2.61. The van der Waals surface area contributed by atoms with Crippen molar-refractivity contribution < 1.29 is 29.0 Å². The molecule has 1 spiro atoms. The zero-order chi connectivity index (χ0) is 26.0. The predicted molar refractivity (Wildman–Crippen MR) is 138 cm³/mol. The summed E-state index contributed by atoms with van der Waals surface area (Å²) in [5.74, 6) is -2.58. The number of esters is 1. The summed E-state index contributed by atoms with van der Waals surface area (Å²) in [6.45, 7) is 9.72. The number of hydrogen-bond donors (Lipinski definition) is 1. The molecule has 3 saturated heterocycles. The van der Waals surface area contributed by atoms with Crippen LogP contribution >= 0.6 is 15.9 Å². The number of halogens is 1. The smallest absolute Gasteiger partial charge is 0.312 e. The summed E-state index contributed by atoms with van der Waals surface area (Å²) in [6, 6.07) is -1.38. The Morgan fingerprint density at radius 1 is 1.31 bits per heavy atom. The molecule has 0 aromatic rings. The average Bonchev–Trinajstić information content (AvgIpc) is 3.47. The van der Waals surface area contributed by atoms with Crippen molar-refractivity contribution in [1.82, 2.24) is 9.80 Å². The summed E-state index contributed by atoms with van der Waals surface area (Å²) < 4.78 is 12.0. The summed E-state index contributed by atoms with van der Waals surface area (Å²) in [5.41, 5.74) is -1.15. The molecule has 2 bridgehead atoms. The number of rotatable bonds is 11. The zero-order valence-electron chi connectivity index (χ0n) is 21.1. The van der Waals surface area contributed by atoms with Crippen LogP contribution in [0.5, 0.6) is 0 Å². The number of alkyl halides is 1. The van der Waals surface area contributed by atoms with Gasteiger partial charge in [-0.2, -0.15) is 0 Å². The Hall–Kier alpha value is -1.71. The van der Waals surface area contributed by atoms with Gasteiger partial charge >= 0.3 is 5.97 Å². The number of carbonyl (C=O) groups excluding carboxylic acids is 3. The van der Waals surface area contributed by atoms with Gasteiger partial charge in [0.2, 0.25) is 11.8 Å². The number of hydrogen-bond acceptors (Lipinski definition) is 6. The van der Waals surface area contributed by atoms with Gasteiger partial charge in [0.05, 0.1) is 37.2 Å². The van der Waals surface area contributed by atoms with E-state index >= 15 is 0 Å². The number of likely N-dealkylation sites (tertiary alicyclic amines) is 1. The van der Waals surface area contributed by atoms with Crippen molar-refractivity contribution in [3.63, 3.8) is 0 Å². The summed E-state index contributed by atoms with van der Waals surface area (Å²) in [5, 5.41) is 10.2. The van der Waals surface area contributed by atoms with Crippen molar-refractivity contribution in [2.45, 2.75) is 92.9 Å². The van der Waals surface area contributed by atoms with Crippen molar-refractivity contribution in [2.75, 3.05) is 19.8 Å². The van der Waals surface area contributed by atoms with E-state index in [1.54, 1.807) is 12.2 Å². The van der Waals surface area contributed by atoms with Gasteiger partial charge in [-0.3, -0.25) is 14.4 Å². The molecule has 3 heterocycles. The van der Waals surface area contributed by atoms with Crippen molar-refractivity contribution in [2.24, 2.45) is 11.8 Å². The Balaban J connectivity index is 1.74. The lowest BCUT2D eigenvalue weighted by Gasteiger charge is -2.42. The van der Waals surface area contributed by atoms with Crippen LogP contribution < -0.4 is 0 Å². The van der Waals surface area contributed by atoms with Crippen LogP contribution in [0.3, 0.4) is 0 Å². The van der Waals surface area contributed by atoms with Crippen molar-refractivity contribution in [1.29, 1.82) is 0 Å². The van der Waals surface area contributed by atoms with E-state index in [1.165, 1.54) is 4.90 Å². The fraction of sp³-hybridized carbons (Fsp3) is 0.741. The fourth-order valence-corrected chi connectivity index (χ4v) is 7.81. The molecule has 3 unspecified atom stereocenters. The second kappa shape index (κ2) is 11.4. The van der Waals surface area contributed by atoms with Crippen LogP contribution in [0.4, 0.5) is 0 Å². The number of ether oxygens (including phenoxy) is 2. The van der Waals surface area contributed by atoms with Crippen LogP contribution in [-0.2, 0) is 23.9 Å². The first-order chi connectivity index (χ1) is 17.4. The van der Waals surface area contributed by atoms with Crippen LogP contribution in [-0.4, -0.2) is 87.1 Å². The Bertz CT molecular complexity index is 872. The molecule has 1 aliphatic carbocycles. The molecule has 0 aromatic heterocycles. The minimum atomic E-state index is -1.15. The lowest BCUT2D eigenvalue weighted by Crippen LogP contribution is -2.60. The molecule has 7 atom stereocenters. The molecule has 1 saturated carbocycles. The van der Waals surface area contributed by atoms with Crippen molar-refractivity contribution >= 4 is 33.7 Å². The lowest BCUT2D eigenvalue weighted by molar-refractivity contribution is -0.157. The van der Waals surface area contributed by atoms with E-state index in [9.17, 15) is 19.5 Å². The number of fused-ring (bicyclic) bond motifs is 1. The van der Waals surface area contributed by atoms with Gasteiger partial charge in [-0.05, 0) is 32.1 Å². The fourth-order valence-electron chi connectivity index (χ4n) is 6.87. The third-order valence-electron chi connectivity index (χ3n) is 8.50. The molecular weight excluding hydrogens is 528 g/mol. The van der Waals surface area contributed by atoms with Gasteiger partial charge in [-0.25, -0.2) is 0 Å². The first kappa shape index (κ1) is 27.3. The molecule has 36 heavy (non-hydrogen) atoms. The van der Waals surface area contributed by atoms with Gasteiger partial charge in [-0.1, -0.05) is 54.3 Å². The maximum absolute atomic E-state index is 14.4. The SMILES string of the molecule is C=CCCOC(=O)[C@H]1[C@H]2C(=O)N([C@@H](CC)CO)C(C(=O)N(CC=C)C3CCCCC3)C23CC(Br)[C@@H]1O3. The van der Waals surface area contributed by atoms with Gasteiger partial charge in [0.25, 0.3) is 0 Å². The molecule has 3 aliphatic heterocycles. The highest BCUT2D eigenvalue weighted by atomic mass is 79.9. The van der Waals surface area contributed by atoms with Gasteiger partial charge < -0.3 is 24.4 Å². The number of carbonyl (C=O) groups is 3. The van der Waals surface area contributed by atoms with Crippen LogP contribution in [0.2, 0.25) is 0 Å². The summed E-state index contributed by atoms with van der Waals surface area (Å²) in [7, 11) is 0. The molecular formula is C27H39BrN2O6. The molecule has 200 valence electrons. The molecule has 4 aliphatic rings. The molecule has 0 radical (unpaired) electrons. The maximum atomic E-state index is 14.4. The first-order valence-electron chi connectivity index (χ1n) is 13.3. The van der Waals surface area contributed by atoms with Crippen molar-refractivity contribution in [3.05, 3.63) is 25.3 Å². The number of aliphatic hydroxyl groups is 1. The van der Waals surface area contributed by atoms with E-state index in [2.05, 4.69) is 29.1 Å². The predicted octanol–water partition coefficient (Wildman–Crippen LogP) is 2.97. The van der Waals surface area contributed by atoms with Crippen molar-refractivity contribution in [3.8, 4) is 0 Å². The van der Waals surface area contributed by atoms with Crippen LogP contribution in [0.15, 0.2) is 25.3 Å². The summed E-state index contributed by atoms with van der Waals surface area (Å²) in [4.78, 5) is 44.9. The summed E-state index contributed by atoms with van der Waals surface area (Å²) >= 11 is 3.68. The monoisotopic (exact) mass is 566 g/mol. The van der Waals surface area contributed by atoms with Gasteiger partial charge in [-0.15, -0.1) is 13.2 Å². The standard InChI is InChI=1S/C27H39BrN2O6/c1-4-7-14-35-26(34)20-21-24(32)30(17(6-3)16-31)23(27(21)15-19(28)22(20)36-27)25(33)29(13-5-2)18-11-9-8-10-12-18/h4-5,17-23,31H,1-2,6-16H2,3H3/t17-,19?,20-,21-,22-,23?,27?/m0/s1. The molecule has 2 amide bonds. The van der Waals surface area contributed by atoms with E-state index in [0.717, 1.165) is 32.1 Å². The highest BCUT2D eigenvalue weighted by molar-refractivity contribution is 9.09. The van der Waals surface area contributed by atoms with Gasteiger partial charge in [0.15, 0.2) is 0 Å². The molecule has 1 N–H and O–H groups in total. The first-order valence-corrected chi connectivity index (χ1v) is 14.2. The second-order valence-electron chi connectivity index (χ2n) is 10.5. The van der Waals surface area contributed by atoms with Crippen LogP contribution in [0, 0.1) is 11.8 Å². The van der Waals surface area contributed by atoms with E-state index in [0.29, 0.717) is 25.8 Å². The van der Waals surface area contributed by atoms with E-state index < -0.39 is 41.6 Å². The minimum Gasteiger partial charge on any atom is -0.465 e. The Morgan fingerprint density at radius 3 is 2.64 bits per heavy atom. The largest absolute Gasteiger partial charge is 0.465 e. The van der Waals surface area contributed by atoms with Gasteiger partial charge in [0, 0.05) is 17.4 Å². The second-order valence-corrected chi connectivity index (χ2v) is 11.6. The highest BCUT2D eigenvalue weighted by Gasteiger charge is 2.77. The molecule has 4 rings (SSSR count).